The van der Waals surface area contributed by atoms with Crippen molar-refractivity contribution in [1.82, 2.24) is 10.6 Å². The van der Waals surface area contributed by atoms with Crippen molar-refractivity contribution >= 4 is 12.7 Å². The van der Waals surface area contributed by atoms with Crippen molar-refractivity contribution in [2.75, 3.05) is 26.2 Å². The third-order valence-electron chi connectivity index (χ3n) is 1.14. The first-order valence-electron chi connectivity index (χ1n) is 3.93. The molecule has 12 heavy (non-hydrogen) atoms. The lowest BCUT2D eigenvalue weighted by Crippen LogP contribution is -2.04. The summed E-state index contributed by atoms with van der Waals surface area (Å²) < 4.78 is 0. The summed E-state index contributed by atoms with van der Waals surface area (Å²) in [6.45, 7) is 9.97. The zero-order valence-corrected chi connectivity index (χ0v) is 7.29. The molecular formula is C8H16N4. The largest absolute Gasteiger partial charge is 0.375 e. The van der Waals surface area contributed by atoms with Crippen LogP contribution in [0.25, 0.3) is 0 Å². The molecule has 2 heterocycles. The van der Waals surface area contributed by atoms with Crippen LogP contribution < -0.4 is 10.6 Å². The molecule has 2 aliphatic heterocycles. The predicted molar refractivity (Wildman–Crippen MR) is 54.0 cm³/mol. The number of rotatable bonds is 0. The van der Waals surface area contributed by atoms with E-state index in [0.717, 1.165) is 26.2 Å². The van der Waals surface area contributed by atoms with Gasteiger partial charge in [-0.25, -0.2) is 0 Å². The summed E-state index contributed by atoms with van der Waals surface area (Å²) in [7, 11) is 0. The third-order valence-corrected chi connectivity index (χ3v) is 1.14. The second-order valence-corrected chi connectivity index (χ2v) is 1.98. The normalized spacial score (nSPS) is 16.3. The number of aliphatic imine (C=N–C) groups is 2. The SMILES string of the molecule is C1=NCCN1.C1=NCCN1.C=C. The van der Waals surface area contributed by atoms with Gasteiger partial charge in [0.1, 0.15) is 0 Å². The predicted octanol–water partition coefficient (Wildman–Crippen LogP) is 0.0380. The molecule has 0 unspecified atom stereocenters. The van der Waals surface area contributed by atoms with Crippen molar-refractivity contribution in [2.45, 2.75) is 0 Å². The van der Waals surface area contributed by atoms with E-state index in [4.69, 9.17) is 0 Å². The molecule has 0 aromatic carbocycles. The van der Waals surface area contributed by atoms with Crippen molar-refractivity contribution in [3.05, 3.63) is 13.2 Å². The fourth-order valence-corrected chi connectivity index (χ4v) is 0.645. The van der Waals surface area contributed by atoms with Crippen LogP contribution in [-0.2, 0) is 0 Å². The first-order chi connectivity index (χ1) is 6.00. The average Bonchev–Trinajstić information content (AvgIpc) is 2.87. The van der Waals surface area contributed by atoms with Crippen LogP contribution in [0.3, 0.4) is 0 Å². The van der Waals surface area contributed by atoms with Crippen LogP contribution in [0.2, 0.25) is 0 Å². The van der Waals surface area contributed by atoms with Gasteiger partial charge in [0.15, 0.2) is 0 Å². The molecule has 2 rings (SSSR count). The van der Waals surface area contributed by atoms with Crippen LogP contribution in [0.1, 0.15) is 0 Å². The van der Waals surface area contributed by atoms with Crippen LogP contribution in [0, 0.1) is 0 Å². The summed E-state index contributed by atoms with van der Waals surface area (Å²) in [6.07, 6.45) is 3.47. The highest BCUT2D eigenvalue weighted by Gasteiger charge is 1.82. The summed E-state index contributed by atoms with van der Waals surface area (Å²) in [5, 5.41) is 5.86. The Hall–Kier alpha value is -1.32. The maximum absolute atomic E-state index is 3.85. The topological polar surface area (TPSA) is 48.8 Å². The van der Waals surface area contributed by atoms with E-state index >= 15 is 0 Å². The maximum atomic E-state index is 3.85. The van der Waals surface area contributed by atoms with Gasteiger partial charge in [-0.05, 0) is 0 Å². The molecule has 0 aromatic heterocycles. The highest BCUT2D eigenvalue weighted by Crippen LogP contribution is 1.69. The zero-order chi connectivity index (χ0) is 9.07. The monoisotopic (exact) mass is 168 g/mol. The number of nitrogens with zero attached hydrogens (tertiary/aromatic N) is 2. The molecule has 0 bridgehead atoms. The fourth-order valence-electron chi connectivity index (χ4n) is 0.645. The summed E-state index contributed by atoms with van der Waals surface area (Å²) in [5.74, 6) is 0. The second kappa shape index (κ2) is 9.68. The molecule has 0 radical (unpaired) electrons. The Kier molecular flexibility index (Phi) is 8.62. The van der Waals surface area contributed by atoms with E-state index in [1.54, 1.807) is 12.7 Å². The Morgan fingerprint density at radius 3 is 1.42 bits per heavy atom. The molecule has 4 nitrogen and oxygen atoms in total. The first-order valence-corrected chi connectivity index (χ1v) is 3.93. The van der Waals surface area contributed by atoms with Gasteiger partial charge in [0.25, 0.3) is 0 Å². The Morgan fingerprint density at radius 1 is 0.917 bits per heavy atom. The van der Waals surface area contributed by atoms with E-state index in [0.29, 0.717) is 0 Å². The zero-order valence-electron chi connectivity index (χ0n) is 7.29. The maximum Gasteiger partial charge on any atom is 0.0825 e. The van der Waals surface area contributed by atoms with Crippen molar-refractivity contribution in [3.63, 3.8) is 0 Å². The van der Waals surface area contributed by atoms with Gasteiger partial charge in [-0.1, -0.05) is 0 Å². The highest BCUT2D eigenvalue weighted by molar-refractivity contribution is 5.56. The van der Waals surface area contributed by atoms with Crippen LogP contribution in [0.5, 0.6) is 0 Å². The molecule has 4 heteroatoms. The smallest absolute Gasteiger partial charge is 0.0825 e. The van der Waals surface area contributed by atoms with Gasteiger partial charge in [0.2, 0.25) is 0 Å². The van der Waals surface area contributed by atoms with Gasteiger partial charge in [-0.15, -0.1) is 13.2 Å². The minimum absolute atomic E-state index is 0.958. The summed E-state index contributed by atoms with van der Waals surface area (Å²) in [6, 6.07) is 0. The Bertz CT molecular complexity index is 114. The van der Waals surface area contributed by atoms with Crippen molar-refractivity contribution in [2.24, 2.45) is 9.98 Å². The average molecular weight is 168 g/mol. The molecule has 68 valence electrons. The lowest BCUT2D eigenvalue weighted by molar-refractivity contribution is 0.965. The molecule has 0 saturated carbocycles. The van der Waals surface area contributed by atoms with E-state index in [9.17, 15) is 0 Å². The van der Waals surface area contributed by atoms with Crippen molar-refractivity contribution in [3.8, 4) is 0 Å². The van der Waals surface area contributed by atoms with Crippen LogP contribution in [0.15, 0.2) is 23.1 Å². The molecule has 0 spiro atoms. The summed E-state index contributed by atoms with van der Waals surface area (Å²) in [4.78, 5) is 7.69. The van der Waals surface area contributed by atoms with Gasteiger partial charge in [0.05, 0.1) is 25.8 Å². The Labute approximate surface area is 73.5 Å². The first kappa shape index (κ1) is 10.7. The van der Waals surface area contributed by atoms with Gasteiger partial charge >= 0.3 is 0 Å². The minimum atomic E-state index is 0.958. The van der Waals surface area contributed by atoms with E-state index in [-0.39, 0.29) is 0 Å². The lowest BCUT2D eigenvalue weighted by Gasteiger charge is -1.75. The molecule has 0 aliphatic carbocycles. The Morgan fingerprint density at radius 2 is 1.33 bits per heavy atom. The van der Waals surface area contributed by atoms with E-state index in [1.165, 1.54) is 0 Å². The summed E-state index contributed by atoms with van der Waals surface area (Å²) >= 11 is 0. The van der Waals surface area contributed by atoms with Crippen LogP contribution >= 0.6 is 0 Å². The number of hydrogen-bond donors (Lipinski definition) is 2. The molecule has 0 atom stereocenters. The molecule has 0 fully saturated rings. The lowest BCUT2D eigenvalue weighted by atomic mass is 10.7. The second-order valence-electron chi connectivity index (χ2n) is 1.98. The van der Waals surface area contributed by atoms with Gasteiger partial charge in [-0.3, -0.25) is 9.98 Å². The van der Waals surface area contributed by atoms with Gasteiger partial charge in [0, 0.05) is 13.1 Å². The van der Waals surface area contributed by atoms with Crippen molar-refractivity contribution in [1.29, 1.82) is 0 Å². The van der Waals surface area contributed by atoms with Crippen LogP contribution in [-0.4, -0.2) is 38.9 Å². The molecular weight excluding hydrogens is 152 g/mol. The van der Waals surface area contributed by atoms with E-state index < -0.39 is 0 Å². The molecule has 2 aliphatic rings. The standard InChI is InChI=1S/2C3H6N2.C2H4/c2*1-2-5-3-4-1;1-2/h2*3H,1-2H2,(H,4,5);1-2H2. The molecule has 2 N–H and O–H groups in total. The third kappa shape index (κ3) is 6.80. The highest BCUT2D eigenvalue weighted by atomic mass is 15.0. The molecule has 0 amide bonds. The Balaban J connectivity index is 0.000000168. The molecule has 0 saturated heterocycles. The quantitative estimate of drug-likeness (QED) is 0.502. The van der Waals surface area contributed by atoms with Crippen LogP contribution in [0.4, 0.5) is 0 Å². The van der Waals surface area contributed by atoms with E-state index in [2.05, 4.69) is 33.8 Å². The number of nitrogens with one attached hydrogen (secondary N) is 2. The van der Waals surface area contributed by atoms with Crippen molar-refractivity contribution < 1.29 is 0 Å². The van der Waals surface area contributed by atoms with Gasteiger partial charge in [-0.2, -0.15) is 0 Å². The fraction of sp³-hybridized carbons (Fsp3) is 0.500. The van der Waals surface area contributed by atoms with E-state index in [1.807, 2.05) is 0 Å². The molecule has 0 aromatic rings. The summed E-state index contributed by atoms with van der Waals surface area (Å²) in [5.41, 5.74) is 0. The van der Waals surface area contributed by atoms with Gasteiger partial charge < -0.3 is 10.6 Å². The minimum Gasteiger partial charge on any atom is -0.375 e. The number of hydrogen-bond acceptors (Lipinski definition) is 4.